The van der Waals surface area contributed by atoms with Crippen LogP contribution in [0.2, 0.25) is 0 Å². The molecule has 3 heterocycles. The molecule has 1 saturated heterocycles. The highest BCUT2D eigenvalue weighted by atomic mass is 32.2. The summed E-state index contributed by atoms with van der Waals surface area (Å²) in [5.41, 5.74) is -0.264. The topological polar surface area (TPSA) is 75.6 Å². The Morgan fingerprint density at radius 2 is 1.91 bits per heavy atom. The number of aryl methyl sites for hydroxylation is 1. The lowest BCUT2D eigenvalue weighted by molar-refractivity contribution is -0.137. The van der Waals surface area contributed by atoms with E-state index in [0.29, 0.717) is 31.3 Å². The molecule has 0 bridgehead atoms. The molecule has 0 atom stereocenters. The van der Waals surface area contributed by atoms with Crippen LogP contribution in [0, 0.1) is 11.6 Å². The molecule has 1 aliphatic rings. The summed E-state index contributed by atoms with van der Waals surface area (Å²) in [6, 6.07) is 4.96. The Balaban J connectivity index is 1.55. The van der Waals surface area contributed by atoms with Crippen LogP contribution in [0.4, 0.5) is 14.6 Å². The predicted octanol–water partition coefficient (Wildman–Crippen LogP) is 3.76. The van der Waals surface area contributed by atoms with Crippen LogP contribution in [0.3, 0.4) is 0 Å². The number of thioether (sulfide) groups is 1. The highest BCUT2D eigenvalue weighted by Crippen LogP contribution is 2.34. The van der Waals surface area contributed by atoms with Crippen molar-refractivity contribution in [3.05, 3.63) is 46.3 Å². The summed E-state index contributed by atoms with van der Waals surface area (Å²) in [5, 5.41) is 1.41. The molecule has 3 aromatic rings. The quantitative estimate of drug-likeness (QED) is 0.295. The average molecular weight is 493 g/mol. The normalized spacial score (nSPS) is 14.1. The third-order valence-corrected chi connectivity index (χ3v) is 7.32. The van der Waals surface area contributed by atoms with Crippen LogP contribution < -0.4 is 4.90 Å². The van der Waals surface area contributed by atoms with Crippen molar-refractivity contribution in [1.82, 2.24) is 14.9 Å². The number of nitrogens with zero attached hydrogens (tertiary/aromatic N) is 4. The first-order valence-corrected chi connectivity index (χ1v) is 12.2. The van der Waals surface area contributed by atoms with Gasteiger partial charge in [0, 0.05) is 31.1 Å². The summed E-state index contributed by atoms with van der Waals surface area (Å²) in [6.45, 7) is 3.71. The minimum Gasteiger partial charge on any atom is -0.468 e. The standard InChI is InChI=1S/C22H22F2N4O3S2/c1-3-14-11-16-19(25-22(26-20(16)33-14)32-12-18(29)31-2)27-6-8-28(9-7-27)21(30)15-10-13(23)4-5-17(15)24/h4-5,10-11H,3,6-9,12H2,1-2H3. The molecule has 174 valence electrons. The number of methoxy groups -OCH3 is 1. The molecule has 11 heteroatoms. The van der Waals surface area contributed by atoms with E-state index < -0.39 is 17.5 Å². The van der Waals surface area contributed by atoms with Gasteiger partial charge in [-0.2, -0.15) is 0 Å². The van der Waals surface area contributed by atoms with Crippen molar-refractivity contribution < 1.29 is 23.1 Å². The first-order valence-electron chi connectivity index (χ1n) is 10.4. The Bertz CT molecular complexity index is 1200. The summed E-state index contributed by atoms with van der Waals surface area (Å²) in [5.74, 6) is -1.43. The van der Waals surface area contributed by atoms with Crippen molar-refractivity contribution in [3.8, 4) is 0 Å². The Kier molecular flexibility index (Phi) is 7.08. The fourth-order valence-corrected chi connectivity index (χ4v) is 5.24. The first kappa shape index (κ1) is 23.4. The van der Waals surface area contributed by atoms with Crippen LogP contribution >= 0.6 is 23.1 Å². The van der Waals surface area contributed by atoms with Gasteiger partial charge in [0.15, 0.2) is 5.16 Å². The van der Waals surface area contributed by atoms with E-state index in [1.807, 2.05) is 0 Å². The molecule has 0 radical (unpaired) electrons. The van der Waals surface area contributed by atoms with Crippen LogP contribution in [-0.2, 0) is 16.0 Å². The van der Waals surface area contributed by atoms with Crippen molar-refractivity contribution in [1.29, 1.82) is 0 Å². The number of hydrogen-bond acceptors (Lipinski definition) is 8. The van der Waals surface area contributed by atoms with Crippen molar-refractivity contribution in [3.63, 3.8) is 0 Å². The summed E-state index contributed by atoms with van der Waals surface area (Å²) < 4.78 is 32.3. The van der Waals surface area contributed by atoms with Crippen LogP contribution in [0.25, 0.3) is 10.2 Å². The number of ether oxygens (including phenoxy) is 1. The Hall–Kier alpha value is -2.79. The van der Waals surface area contributed by atoms with Gasteiger partial charge in [0.1, 0.15) is 22.3 Å². The molecule has 4 rings (SSSR count). The third kappa shape index (κ3) is 5.09. The zero-order valence-corrected chi connectivity index (χ0v) is 19.8. The fourth-order valence-electron chi connectivity index (χ4n) is 3.55. The molecule has 7 nitrogen and oxygen atoms in total. The maximum Gasteiger partial charge on any atom is 0.316 e. The molecular formula is C22H22F2N4O3S2. The number of fused-ring (bicyclic) bond motifs is 1. The van der Waals surface area contributed by atoms with Gasteiger partial charge in [-0.15, -0.1) is 11.3 Å². The van der Waals surface area contributed by atoms with Crippen LogP contribution in [0.5, 0.6) is 0 Å². The molecule has 2 aromatic heterocycles. The number of hydrogen-bond donors (Lipinski definition) is 0. The number of carbonyl (C=O) groups excluding carboxylic acids is 2. The lowest BCUT2D eigenvalue weighted by Gasteiger charge is -2.35. The third-order valence-electron chi connectivity index (χ3n) is 5.32. The lowest BCUT2D eigenvalue weighted by Crippen LogP contribution is -2.49. The van der Waals surface area contributed by atoms with E-state index in [2.05, 4.69) is 22.9 Å². The summed E-state index contributed by atoms with van der Waals surface area (Å²) >= 11 is 2.80. The minimum absolute atomic E-state index is 0.106. The van der Waals surface area contributed by atoms with Gasteiger partial charge in [0.2, 0.25) is 0 Å². The first-order chi connectivity index (χ1) is 15.9. The molecular weight excluding hydrogens is 470 g/mol. The van der Waals surface area contributed by atoms with Crippen molar-refractivity contribution in [2.45, 2.75) is 18.5 Å². The van der Waals surface area contributed by atoms with E-state index in [0.717, 1.165) is 40.7 Å². The molecule has 1 amide bonds. The Morgan fingerprint density at radius 3 is 2.61 bits per heavy atom. The second-order valence-corrected chi connectivity index (χ2v) is 9.44. The number of esters is 1. The minimum atomic E-state index is -0.737. The van der Waals surface area contributed by atoms with E-state index in [4.69, 9.17) is 9.72 Å². The van der Waals surface area contributed by atoms with Crippen molar-refractivity contribution >= 4 is 51.0 Å². The number of aromatic nitrogens is 2. The van der Waals surface area contributed by atoms with E-state index in [9.17, 15) is 18.4 Å². The molecule has 1 fully saturated rings. The van der Waals surface area contributed by atoms with E-state index >= 15 is 0 Å². The molecule has 33 heavy (non-hydrogen) atoms. The second kappa shape index (κ2) is 10.0. The van der Waals surface area contributed by atoms with Gasteiger partial charge in [0.05, 0.1) is 23.8 Å². The smallest absolute Gasteiger partial charge is 0.316 e. The molecule has 0 spiro atoms. The Labute approximate surface area is 197 Å². The van der Waals surface area contributed by atoms with Gasteiger partial charge in [-0.1, -0.05) is 18.7 Å². The lowest BCUT2D eigenvalue weighted by atomic mass is 10.1. The van der Waals surface area contributed by atoms with Gasteiger partial charge < -0.3 is 14.5 Å². The number of thiophene rings is 1. The van der Waals surface area contributed by atoms with Gasteiger partial charge in [-0.25, -0.2) is 18.7 Å². The monoisotopic (exact) mass is 492 g/mol. The molecule has 0 saturated carbocycles. The Morgan fingerprint density at radius 1 is 1.15 bits per heavy atom. The van der Waals surface area contributed by atoms with E-state index in [-0.39, 0.29) is 17.3 Å². The number of halogens is 2. The fraction of sp³-hybridized carbons (Fsp3) is 0.364. The number of rotatable bonds is 6. The van der Waals surface area contributed by atoms with Crippen LogP contribution in [0.1, 0.15) is 22.2 Å². The number of amides is 1. The van der Waals surface area contributed by atoms with E-state index in [1.165, 1.54) is 28.6 Å². The predicted molar refractivity (Wildman–Crippen MR) is 124 cm³/mol. The van der Waals surface area contributed by atoms with Crippen molar-refractivity contribution in [2.24, 2.45) is 0 Å². The maximum atomic E-state index is 14.1. The summed E-state index contributed by atoms with van der Waals surface area (Å²) in [7, 11) is 1.33. The number of piperazine rings is 1. The number of carbonyl (C=O) groups is 2. The number of benzene rings is 1. The van der Waals surface area contributed by atoms with Gasteiger partial charge in [-0.3, -0.25) is 9.59 Å². The number of anilines is 1. The summed E-state index contributed by atoms with van der Waals surface area (Å²) in [4.78, 5) is 39.2. The molecule has 0 unspecified atom stereocenters. The van der Waals surface area contributed by atoms with E-state index in [1.54, 1.807) is 11.3 Å². The summed E-state index contributed by atoms with van der Waals surface area (Å²) in [6.07, 6.45) is 0.868. The second-order valence-electron chi connectivity index (χ2n) is 7.38. The van der Waals surface area contributed by atoms with Gasteiger partial charge in [-0.05, 0) is 30.7 Å². The maximum absolute atomic E-state index is 14.1. The molecule has 0 N–H and O–H groups in total. The van der Waals surface area contributed by atoms with Crippen LogP contribution in [0.15, 0.2) is 29.4 Å². The zero-order valence-electron chi connectivity index (χ0n) is 18.1. The highest BCUT2D eigenvalue weighted by molar-refractivity contribution is 7.99. The molecule has 0 aliphatic carbocycles. The zero-order chi connectivity index (χ0) is 23.5. The van der Waals surface area contributed by atoms with Crippen LogP contribution in [-0.4, -0.2) is 65.8 Å². The molecule has 1 aromatic carbocycles. The largest absolute Gasteiger partial charge is 0.468 e. The average Bonchev–Trinajstić information content (AvgIpc) is 3.26. The van der Waals surface area contributed by atoms with Crippen molar-refractivity contribution in [2.75, 3.05) is 43.9 Å². The molecule has 1 aliphatic heterocycles. The highest BCUT2D eigenvalue weighted by Gasteiger charge is 2.27. The van der Waals surface area contributed by atoms with Gasteiger partial charge in [0.25, 0.3) is 5.91 Å². The SMILES string of the molecule is CCc1cc2c(N3CCN(C(=O)c4cc(F)ccc4F)CC3)nc(SCC(=O)OC)nc2s1. The van der Waals surface area contributed by atoms with Gasteiger partial charge >= 0.3 is 5.97 Å².